The lowest BCUT2D eigenvalue weighted by Gasteiger charge is -2.14. The van der Waals surface area contributed by atoms with E-state index in [-0.39, 0.29) is 0 Å². The number of hydrogen-bond donors (Lipinski definition) is 0. The molecule has 0 unspecified atom stereocenters. The van der Waals surface area contributed by atoms with Crippen LogP contribution in [0.4, 0.5) is 0 Å². The maximum absolute atomic E-state index is 6.14. The summed E-state index contributed by atoms with van der Waals surface area (Å²) >= 11 is 9.76. The highest BCUT2D eigenvalue weighted by Gasteiger charge is 2.15. The molecule has 2 nitrogen and oxygen atoms in total. The Balaban J connectivity index is 2.25. The van der Waals surface area contributed by atoms with Crippen molar-refractivity contribution in [3.63, 3.8) is 0 Å². The van der Waals surface area contributed by atoms with Gasteiger partial charge in [-0.2, -0.15) is 5.10 Å². The summed E-state index contributed by atoms with van der Waals surface area (Å²) in [5.41, 5.74) is 6.43. The molecule has 0 amide bonds. The van der Waals surface area contributed by atoms with Crippen molar-refractivity contribution in [2.45, 2.75) is 20.8 Å². The van der Waals surface area contributed by atoms with E-state index in [2.05, 4.69) is 54.1 Å². The molecule has 0 atom stereocenters. The molecule has 3 rings (SSSR count). The average Bonchev–Trinajstić information content (AvgIpc) is 2.82. The summed E-state index contributed by atoms with van der Waals surface area (Å²) in [7, 11) is 0. The molecule has 1 heterocycles. The number of nitrogens with zero attached hydrogens (tertiary/aromatic N) is 2. The minimum atomic E-state index is 0.741. The van der Waals surface area contributed by atoms with Crippen LogP contribution in [0.25, 0.3) is 11.8 Å². The molecule has 122 valence electrons. The van der Waals surface area contributed by atoms with Crippen molar-refractivity contribution in [3.8, 4) is 0 Å². The summed E-state index contributed by atoms with van der Waals surface area (Å²) in [6, 6.07) is 16.2. The van der Waals surface area contributed by atoms with Crippen molar-refractivity contribution in [1.29, 1.82) is 0 Å². The molecule has 4 heteroatoms. The molecular weight excluding hydrogens is 384 g/mol. The number of aromatic nitrogens is 2. The van der Waals surface area contributed by atoms with Crippen molar-refractivity contribution < 1.29 is 0 Å². The molecule has 2 aromatic carbocycles. The van der Waals surface area contributed by atoms with Gasteiger partial charge in [-0.15, -0.1) is 0 Å². The zero-order valence-electron chi connectivity index (χ0n) is 13.8. The summed E-state index contributed by atoms with van der Waals surface area (Å²) in [4.78, 5) is 0. The first-order chi connectivity index (χ1) is 11.5. The fraction of sp³-hybridized carbons (Fsp3) is 0.150. The van der Waals surface area contributed by atoms with Crippen LogP contribution in [0.2, 0.25) is 5.02 Å². The van der Waals surface area contributed by atoms with Crippen LogP contribution in [-0.4, -0.2) is 9.78 Å². The SMILES string of the molecule is Cc1cc(Cl)ccc1C(=Cc1ccccc1)n1nc(C)c(Br)c1C. The highest BCUT2D eigenvalue weighted by Crippen LogP contribution is 2.30. The van der Waals surface area contributed by atoms with E-state index in [9.17, 15) is 0 Å². The summed E-state index contributed by atoms with van der Waals surface area (Å²) in [6.07, 6.45) is 2.15. The Hall–Kier alpha value is -1.84. The number of halogens is 2. The van der Waals surface area contributed by atoms with Gasteiger partial charge in [0.05, 0.1) is 21.6 Å². The highest BCUT2D eigenvalue weighted by atomic mass is 79.9. The Morgan fingerprint density at radius 2 is 1.79 bits per heavy atom. The third kappa shape index (κ3) is 3.33. The lowest BCUT2D eigenvalue weighted by Crippen LogP contribution is -2.05. The number of hydrogen-bond acceptors (Lipinski definition) is 1. The molecule has 0 radical (unpaired) electrons. The Labute approximate surface area is 155 Å². The number of benzene rings is 2. The van der Waals surface area contributed by atoms with Crippen LogP contribution < -0.4 is 0 Å². The zero-order chi connectivity index (χ0) is 17.3. The molecule has 3 aromatic rings. The Morgan fingerprint density at radius 1 is 1.08 bits per heavy atom. The molecule has 0 aliphatic carbocycles. The maximum atomic E-state index is 6.14. The van der Waals surface area contributed by atoms with Crippen LogP contribution >= 0.6 is 27.5 Å². The third-order valence-corrected chi connectivity index (χ3v) is 5.38. The summed E-state index contributed by atoms with van der Waals surface area (Å²) in [5, 5.41) is 5.46. The molecule has 0 spiro atoms. The second-order valence-corrected chi connectivity index (χ2v) is 7.03. The monoisotopic (exact) mass is 400 g/mol. The second kappa shape index (κ2) is 6.96. The van der Waals surface area contributed by atoms with Gasteiger partial charge in [-0.05, 0) is 66.0 Å². The number of aryl methyl sites for hydroxylation is 2. The topological polar surface area (TPSA) is 17.8 Å². The lowest BCUT2D eigenvalue weighted by atomic mass is 10.0. The van der Waals surface area contributed by atoms with Gasteiger partial charge in [-0.25, -0.2) is 4.68 Å². The van der Waals surface area contributed by atoms with Crippen LogP contribution in [0.5, 0.6) is 0 Å². The summed E-state index contributed by atoms with van der Waals surface area (Å²) < 4.78 is 3.02. The van der Waals surface area contributed by atoms with Gasteiger partial charge in [0.1, 0.15) is 0 Å². The zero-order valence-corrected chi connectivity index (χ0v) is 16.2. The maximum Gasteiger partial charge on any atom is 0.0743 e. The van der Waals surface area contributed by atoms with Gasteiger partial charge in [0, 0.05) is 10.6 Å². The minimum Gasteiger partial charge on any atom is -0.236 e. The first kappa shape index (κ1) is 17.0. The van der Waals surface area contributed by atoms with E-state index < -0.39 is 0 Å². The van der Waals surface area contributed by atoms with Crippen molar-refractivity contribution in [2.24, 2.45) is 0 Å². The van der Waals surface area contributed by atoms with Gasteiger partial charge in [0.25, 0.3) is 0 Å². The molecular formula is C20H18BrClN2. The van der Waals surface area contributed by atoms with Gasteiger partial charge in [-0.1, -0.05) is 48.0 Å². The van der Waals surface area contributed by atoms with Crippen molar-refractivity contribution >= 4 is 39.3 Å². The molecule has 0 aliphatic heterocycles. The smallest absolute Gasteiger partial charge is 0.0743 e. The fourth-order valence-electron chi connectivity index (χ4n) is 2.73. The second-order valence-electron chi connectivity index (χ2n) is 5.80. The molecule has 0 aliphatic rings. The summed E-state index contributed by atoms with van der Waals surface area (Å²) in [5.74, 6) is 0. The largest absolute Gasteiger partial charge is 0.236 e. The first-order valence-corrected chi connectivity index (χ1v) is 8.90. The van der Waals surface area contributed by atoms with E-state index in [1.165, 1.54) is 0 Å². The van der Waals surface area contributed by atoms with Crippen LogP contribution in [0.1, 0.15) is 28.1 Å². The van der Waals surface area contributed by atoms with Crippen molar-refractivity contribution in [1.82, 2.24) is 9.78 Å². The molecule has 24 heavy (non-hydrogen) atoms. The van der Waals surface area contributed by atoms with Crippen molar-refractivity contribution in [2.75, 3.05) is 0 Å². The quantitative estimate of drug-likeness (QED) is 0.473. The van der Waals surface area contributed by atoms with E-state index in [0.717, 1.165) is 43.3 Å². The van der Waals surface area contributed by atoms with Gasteiger partial charge >= 0.3 is 0 Å². The van der Waals surface area contributed by atoms with Gasteiger partial charge in [-0.3, -0.25) is 0 Å². The fourth-order valence-corrected chi connectivity index (χ4v) is 3.21. The van der Waals surface area contributed by atoms with Crippen LogP contribution in [-0.2, 0) is 0 Å². The van der Waals surface area contributed by atoms with Crippen molar-refractivity contribution in [3.05, 3.63) is 86.1 Å². The van der Waals surface area contributed by atoms with E-state index in [0.29, 0.717) is 0 Å². The predicted molar refractivity (Wildman–Crippen MR) is 105 cm³/mol. The minimum absolute atomic E-state index is 0.741. The number of rotatable bonds is 3. The lowest BCUT2D eigenvalue weighted by molar-refractivity contribution is 0.856. The van der Waals surface area contributed by atoms with Gasteiger partial charge in [0.2, 0.25) is 0 Å². The van der Waals surface area contributed by atoms with E-state index >= 15 is 0 Å². The Kier molecular flexibility index (Phi) is 4.93. The molecule has 0 N–H and O–H groups in total. The van der Waals surface area contributed by atoms with E-state index in [1.807, 2.05) is 41.9 Å². The van der Waals surface area contributed by atoms with E-state index in [4.69, 9.17) is 16.7 Å². The van der Waals surface area contributed by atoms with Crippen LogP contribution in [0.3, 0.4) is 0 Å². The molecule has 0 fully saturated rings. The van der Waals surface area contributed by atoms with Gasteiger partial charge in [0.15, 0.2) is 0 Å². The molecule has 0 saturated heterocycles. The van der Waals surface area contributed by atoms with Crippen LogP contribution in [0.15, 0.2) is 53.0 Å². The standard InChI is InChI=1S/C20H18BrClN2/c1-13-11-17(22)9-10-18(13)19(12-16-7-5-4-6-8-16)24-15(3)20(21)14(2)23-24/h4-12H,1-3H3. The molecule has 0 saturated carbocycles. The average molecular weight is 402 g/mol. The first-order valence-electron chi connectivity index (χ1n) is 7.72. The van der Waals surface area contributed by atoms with Crippen LogP contribution in [0, 0.1) is 20.8 Å². The molecule has 1 aromatic heterocycles. The Bertz CT molecular complexity index is 911. The highest BCUT2D eigenvalue weighted by molar-refractivity contribution is 9.10. The third-order valence-electron chi connectivity index (χ3n) is 4.00. The Morgan fingerprint density at radius 3 is 2.38 bits per heavy atom. The summed E-state index contributed by atoms with van der Waals surface area (Å²) in [6.45, 7) is 6.14. The normalized spacial score (nSPS) is 11.8. The van der Waals surface area contributed by atoms with E-state index in [1.54, 1.807) is 0 Å². The molecule has 0 bridgehead atoms. The van der Waals surface area contributed by atoms with Gasteiger partial charge < -0.3 is 0 Å². The predicted octanol–water partition coefficient (Wildman–Crippen LogP) is 6.27.